The van der Waals surface area contributed by atoms with Gasteiger partial charge < -0.3 is 59.4 Å². The summed E-state index contributed by atoms with van der Waals surface area (Å²) in [7, 11) is -3.50. The van der Waals surface area contributed by atoms with E-state index < -0.39 is 68.2 Å². The van der Waals surface area contributed by atoms with Gasteiger partial charge in [0.2, 0.25) is 37.8 Å². The number of pyridine rings is 2. The maximum absolute atomic E-state index is 14.7. The van der Waals surface area contributed by atoms with E-state index in [1.54, 1.807) is 43.5 Å². The Morgan fingerprint density at radius 3 is 2.27 bits per heavy atom. The minimum Gasteiger partial charge on any atom is -0.490 e. The van der Waals surface area contributed by atoms with E-state index in [4.69, 9.17) is 33.4 Å². The number of aromatic nitrogens is 3. The zero-order valence-corrected chi connectivity index (χ0v) is 45.3. The van der Waals surface area contributed by atoms with E-state index in [1.807, 2.05) is 0 Å². The van der Waals surface area contributed by atoms with Crippen molar-refractivity contribution in [1.29, 1.82) is 0 Å². The van der Waals surface area contributed by atoms with E-state index in [0.29, 0.717) is 64.3 Å². The molecule has 6 heterocycles. The summed E-state index contributed by atoms with van der Waals surface area (Å²) >= 11 is 0.985. The van der Waals surface area contributed by atoms with Crippen LogP contribution in [0.4, 0.5) is 10.1 Å². The Balaban J connectivity index is 0.641. The number of thiazole rings is 1. The summed E-state index contributed by atoms with van der Waals surface area (Å²) in [6, 6.07) is 5.72. The zero-order valence-electron chi connectivity index (χ0n) is 43.6. The number of esters is 1. The molecule has 25 heteroatoms. The number of amides is 4. The van der Waals surface area contributed by atoms with Crippen molar-refractivity contribution in [3.8, 4) is 17.1 Å². The van der Waals surface area contributed by atoms with Gasteiger partial charge in [-0.3, -0.25) is 24.0 Å². The van der Waals surface area contributed by atoms with Gasteiger partial charge in [-0.1, -0.05) is 20.8 Å². The monoisotopic (exact) mass is 1120 g/mol. The van der Waals surface area contributed by atoms with Crippen LogP contribution in [0.1, 0.15) is 81.2 Å². The van der Waals surface area contributed by atoms with Crippen LogP contribution in [0.3, 0.4) is 0 Å². The van der Waals surface area contributed by atoms with Crippen LogP contribution in [-0.4, -0.2) is 141 Å². The van der Waals surface area contributed by atoms with Crippen LogP contribution in [0, 0.1) is 11.7 Å². The Morgan fingerprint density at radius 1 is 0.872 bits per heavy atom. The van der Waals surface area contributed by atoms with Crippen LogP contribution in [0.5, 0.6) is 5.75 Å². The highest BCUT2D eigenvalue weighted by Crippen LogP contribution is 2.45. The largest absolute Gasteiger partial charge is 0.490 e. The molecule has 1 aliphatic carbocycles. The molecule has 3 aliphatic heterocycles. The van der Waals surface area contributed by atoms with Gasteiger partial charge >= 0.3 is 5.97 Å². The Kier molecular flexibility index (Phi) is 17.2. The van der Waals surface area contributed by atoms with Crippen molar-refractivity contribution >= 4 is 77.6 Å². The molecule has 0 saturated heterocycles. The maximum atomic E-state index is 14.7. The summed E-state index contributed by atoms with van der Waals surface area (Å²) in [6.07, 6.45) is 1.48. The molecule has 5 N–H and O–H groups in total. The van der Waals surface area contributed by atoms with Crippen LogP contribution in [-0.2, 0) is 89.1 Å². The molecule has 1 saturated carbocycles. The molecule has 4 aliphatic rings. The number of halogens is 1. The molecule has 0 spiro atoms. The van der Waals surface area contributed by atoms with Gasteiger partial charge in [-0.2, -0.15) is 0 Å². The molecule has 0 unspecified atom stereocenters. The molecule has 9 rings (SSSR count). The first kappa shape index (κ1) is 56.2. The van der Waals surface area contributed by atoms with Gasteiger partial charge in [0.15, 0.2) is 11.4 Å². The first-order valence-electron chi connectivity index (χ1n) is 26.0. The number of nitrogens with one attached hydrogen (secondary N) is 4. The number of hydrogen-bond donors (Lipinski definition) is 5. The van der Waals surface area contributed by atoms with Crippen LogP contribution in [0.15, 0.2) is 39.5 Å². The van der Waals surface area contributed by atoms with Gasteiger partial charge in [0.05, 0.1) is 116 Å². The highest BCUT2D eigenvalue weighted by Gasteiger charge is 2.46. The average molecular weight is 1120 g/mol. The molecule has 22 nitrogen and oxygen atoms in total. The van der Waals surface area contributed by atoms with Crippen molar-refractivity contribution in [3.05, 3.63) is 74.3 Å². The SMILES string of the molecule is CC[C@@]1(O)C(=O)OCc2c1cc1n(c2=O)Cc2c-1nc1ccc(NC(=O)[C@H](C)NC(=O)[C@@H](NC(=O)CCOCCOCCOCCOCCNC(=O)Cc3cc4sc(S(=O)(=O)C5CC5)nc4cc3F)C(C)C)c3c1c2CCO3. The van der Waals surface area contributed by atoms with Crippen LogP contribution < -0.4 is 31.6 Å². The molecule has 3 aromatic heterocycles. The molecule has 0 bridgehead atoms. The molecular weight excluding hydrogens is 1060 g/mol. The second-order valence-electron chi connectivity index (χ2n) is 19.8. The van der Waals surface area contributed by atoms with Gasteiger partial charge in [-0.15, -0.1) is 11.3 Å². The summed E-state index contributed by atoms with van der Waals surface area (Å²) in [4.78, 5) is 87.9. The number of rotatable bonds is 26. The Morgan fingerprint density at radius 2 is 1.58 bits per heavy atom. The maximum Gasteiger partial charge on any atom is 0.343 e. The molecule has 78 heavy (non-hydrogen) atoms. The number of sulfone groups is 1. The highest BCUT2D eigenvalue weighted by atomic mass is 32.2. The molecule has 418 valence electrons. The third-order valence-corrected chi connectivity index (χ3v) is 17.7. The molecule has 0 radical (unpaired) electrons. The quantitative estimate of drug-likeness (QED) is 0.0385. The Bertz CT molecular complexity index is 3350. The first-order valence-corrected chi connectivity index (χ1v) is 28.3. The van der Waals surface area contributed by atoms with Crippen LogP contribution >= 0.6 is 11.3 Å². The first-order chi connectivity index (χ1) is 37.4. The lowest BCUT2D eigenvalue weighted by Crippen LogP contribution is -2.53. The normalized spacial score (nSPS) is 17.2. The minimum absolute atomic E-state index is 0.0215. The summed E-state index contributed by atoms with van der Waals surface area (Å²) in [5.74, 6) is -3.25. The lowest BCUT2D eigenvalue weighted by molar-refractivity contribution is -0.172. The molecule has 5 aromatic rings. The zero-order chi connectivity index (χ0) is 55.5. The minimum atomic E-state index is -3.50. The lowest BCUT2D eigenvalue weighted by Gasteiger charge is -2.31. The summed E-state index contributed by atoms with van der Waals surface area (Å²) in [6.45, 7) is 9.06. The van der Waals surface area contributed by atoms with Crippen LogP contribution in [0.25, 0.3) is 32.5 Å². The van der Waals surface area contributed by atoms with Gasteiger partial charge in [0.1, 0.15) is 24.5 Å². The lowest BCUT2D eigenvalue weighted by atomic mass is 9.86. The molecule has 2 aromatic carbocycles. The van der Waals surface area contributed by atoms with Gasteiger partial charge in [-0.05, 0) is 67.5 Å². The second-order valence-corrected chi connectivity index (χ2v) is 23.3. The predicted octanol–water partition coefficient (Wildman–Crippen LogP) is 3.10. The fourth-order valence-electron chi connectivity index (χ4n) is 9.57. The van der Waals surface area contributed by atoms with E-state index in [0.717, 1.165) is 28.5 Å². The number of benzene rings is 2. The number of hydrogen-bond acceptors (Lipinski definition) is 18. The number of aliphatic hydroxyl groups is 1. The fraction of sp³-hybridized carbons (Fsp3) is 0.509. The van der Waals surface area contributed by atoms with E-state index in [-0.39, 0.29) is 130 Å². The predicted molar refractivity (Wildman–Crippen MR) is 281 cm³/mol. The Hall–Kier alpha value is -6.48. The smallest absolute Gasteiger partial charge is 0.343 e. The molecule has 3 atom stereocenters. The van der Waals surface area contributed by atoms with E-state index in [1.165, 1.54) is 13.0 Å². The number of carbonyl (C=O) groups is 5. The number of nitrogens with zero attached hydrogens (tertiary/aromatic N) is 3. The number of fused-ring (bicyclic) bond motifs is 6. The number of anilines is 1. The average Bonchev–Trinajstić information content (AvgIpc) is 4.12. The van der Waals surface area contributed by atoms with Crippen molar-refractivity contribution in [2.75, 3.05) is 71.3 Å². The van der Waals surface area contributed by atoms with E-state index in [9.17, 15) is 46.7 Å². The third kappa shape index (κ3) is 11.9. The topological polar surface area (TPSA) is 291 Å². The summed E-state index contributed by atoms with van der Waals surface area (Å²) < 4.78 is 75.2. The van der Waals surface area contributed by atoms with Gasteiger partial charge in [-0.25, -0.2) is 27.6 Å². The van der Waals surface area contributed by atoms with E-state index in [2.05, 4.69) is 26.3 Å². The van der Waals surface area contributed by atoms with Crippen LogP contribution in [0.2, 0.25) is 0 Å². The summed E-state index contributed by atoms with van der Waals surface area (Å²) in [5, 5.41) is 22.5. The van der Waals surface area contributed by atoms with E-state index >= 15 is 0 Å². The van der Waals surface area contributed by atoms with Crippen molar-refractivity contribution in [1.82, 2.24) is 30.5 Å². The number of ether oxygens (including phenoxy) is 6. The Labute approximate surface area is 452 Å². The molecular formula is C53H62FN7O15S2. The molecule has 1 fully saturated rings. The summed E-state index contributed by atoms with van der Waals surface area (Å²) in [5.41, 5.74) is 2.18. The van der Waals surface area contributed by atoms with Gasteiger partial charge in [0.25, 0.3) is 5.56 Å². The van der Waals surface area contributed by atoms with Crippen molar-refractivity contribution < 1.29 is 70.3 Å². The van der Waals surface area contributed by atoms with Crippen molar-refractivity contribution in [3.63, 3.8) is 0 Å². The van der Waals surface area contributed by atoms with Gasteiger partial charge in [0, 0.05) is 42.0 Å². The van der Waals surface area contributed by atoms with Crippen molar-refractivity contribution in [2.45, 2.75) is 107 Å². The second kappa shape index (κ2) is 23.9. The number of cyclic esters (lactones) is 1. The molecule has 4 amide bonds. The highest BCUT2D eigenvalue weighted by molar-refractivity contribution is 7.94. The van der Waals surface area contributed by atoms with Crippen molar-refractivity contribution in [2.24, 2.45) is 5.92 Å². The fourth-order valence-corrected chi connectivity index (χ4v) is 12.7. The third-order valence-electron chi connectivity index (χ3n) is 14.0. The number of carbonyl (C=O) groups excluding carboxylic acids is 5. The standard InChI is InChI=1S/C53H62FN7O15S2/c1-5-53(68)35-24-40-46-33(26-61(40)50(66)34(35)27-76-51(53)67)32-10-14-75-47-38(9-8-37(57-46)44(32)47)58-48(64)29(4)56-49(65)45(28(2)3)60-42(62)11-13-71-16-18-73-20-21-74-19-17-72-15-12-55-43(63)23-30-22-41-39(25-36(30)54)59-52(77-41)78(69,70)31-6-7-31/h8-9,22,24-25,28-29,31,45,68H,5-7,10-21,23,26-27H2,1-4H3,(H,55,63)(H,56,65)(H,58,64)(H,60,62)/t29-,45-,53-/m0/s1.